The lowest BCUT2D eigenvalue weighted by Crippen LogP contribution is -2.54. The van der Waals surface area contributed by atoms with Crippen LogP contribution in [0.25, 0.3) is 0 Å². The number of amidine groups is 1. The summed E-state index contributed by atoms with van der Waals surface area (Å²) in [7, 11) is 0. The molecule has 2 atom stereocenters. The van der Waals surface area contributed by atoms with E-state index in [-0.39, 0.29) is 16.8 Å². The maximum Gasteiger partial charge on any atom is 0.264 e. The fourth-order valence-corrected chi connectivity index (χ4v) is 2.06. The Morgan fingerprint density at radius 2 is 2.00 bits per heavy atom. The number of halogens is 1. The van der Waals surface area contributed by atoms with Crippen molar-refractivity contribution in [1.82, 2.24) is 5.32 Å². The molecule has 2 unspecified atom stereocenters. The Kier molecular flexibility index (Phi) is 3.91. The second-order valence-electron chi connectivity index (χ2n) is 6.16. The Morgan fingerprint density at radius 1 is 1.33 bits per heavy atom. The molecule has 1 heterocycles. The molecule has 0 saturated carbocycles. The topological polar surface area (TPSA) is 84.5 Å². The Labute approximate surface area is 122 Å². The summed E-state index contributed by atoms with van der Waals surface area (Å²) in [5, 5.41) is 2.56. The van der Waals surface area contributed by atoms with E-state index < -0.39 is 29.6 Å². The number of hydrogen-bond acceptors (Lipinski definition) is 3. The number of amides is 2. The summed E-state index contributed by atoms with van der Waals surface area (Å²) in [5.41, 5.74) is 5.93. The number of nitrogens with zero attached hydrogens (tertiary/aromatic N) is 1. The van der Waals surface area contributed by atoms with Crippen LogP contribution in [-0.2, 0) is 9.59 Å². The molecule has 1 aromatic rings. The Balaban J connectivity index is 2.33. The molecule has 1 aromatic carbocycles. The number of carbonyl (C=O) groups excluding carboxylic acids is 2. The van der Waals surface area contributed by atoms with Gasteiger partial charge in [0, 0.05) is 0 Å². The van der Waals surface area contributed by atoms with Crippen LogP contribution in [-0.4, -0.2) is 23.7 Å². The summed E-state index contributed by atoms with van der Waals surface area (Å²) in [4.78, 5) is 28.2. The molecule has 2 rings (SSSR count). The highest BCUT2D eigenvalue weighted by Gasteiger charge is 2.37. The van der Waals surface area contributed by atoms with Gasteiger partial charge in [0.05, 0.1) is 6.04 Å². The first kappa shape index (κ1) is 15.3. The number of carbonyl (C=O) groups is 2. The van der Waals surface area contributed by atoms with Gasteiger partial charge in [0.15, 0.2) is 0 Å². The summed E-state index contributed by atoms with van der Waals surface area (Å²) in [6.45, 7) is 5.65. The van der Waals surface area contributed by atoms with E-state index in [2.05, 4.69) is 10.3 Å². The molecule has 21 heavy (non-hydrogen) atoms. The van der Waals surface area contributed by atoms with Crippen molar-refractivity contribution >= 4 is 17.6 Å². The molecule has 0 radical (unpaired) electrons. The van der Waals surface area contributed by atoms with Crippen molar-refractivity contribution in [3.63, 3.8) is 0 Å². The van der Waals surface area contributed by atoms with Gasteiger partial charge in [-0.05, 0) is 23.1 Å². The predicted octanol–water partition coefficient (Wildman–Crippen LogP) is 1.34. The molecule has 0 aromatic heterocycles. The average molecular weight is 291 g/mol. The third-order valence-corrected chi connectivity index (χ3v) is 3.40. The summed E-state index contributed by atoms with van der Waals surface area (Å²) in [6.07, 6.45) is 0. The fourth-order valence-electron chi connectivity index (χ4n) is 2.06. The zero-order chi connectivity index (χ0) is 15.8. The summed E-state index contributed by atoms with van der Waals surface area (Å²) < 4.78 is 13.2. The van der Waals surface area contributed by atoms with Crippen molar-refractivity contribution in [2.45, 2.75) is 32.7 Å². The minimum absolute atomic E-state index is 0.158. The van der Waals surface area contributed by atoms with E-state index in [0.717, 1.165) is 6.07 Å². The van der Waals surface area contributed by atoms with Crippen LogP contribution >= 0.6 is 0 Å². The normalized spacial score (nSPS) is 20.8. The molecule has 1 aliphatic heterocycles. The van der Waals surface area contributed by atoms with Crippen LogP contribution in [0.5, 0.6) is 0 Å². The first-order valence-electron chi connectivity index (χ1n) is 6.64. The van der Waals surface area contributed by atoms with Gasteiger partial charge in [0.25, 0.3) is 5.91 Å². The van der Waals surface area contributed by atoms with Crippen LogP contribution in [0.1, 0.15) is 32.3 Å². The first-order valence-corrected chi connectivity index (χ1v) is 6.64. The van der Waals surface area contributed by atoms with Gasteiger partial charge in [-0.2, -0.15) is 4.99 Å². The molecular formula is C15H18FN3O2. The molecular weight excluding hydrogens is 273 g/mol. The van der Waals surface area contributed by atoms with E-state index in [1.165, 1.54) is 18.2 Å². The standard InChI is InChI=1S/C15H18FN3O2/c1-15(2,3)11(17)12-18-13(20)10(14(21)19-12)8-5-4-6-9(16)7-8/h4-7,10-11H,17H2,1-3H3,(H,18,19,20,21). The molecule has 1 aliphatic rings. The second-order valence-corrected chi connectivity index (χ2v) is 6.16. The molecule has 3 N–H and O–H groups in total. The molecule has 5 nitrogen and oxygen atoms in total. The maximum atomic E-state index is 13.2. The van der Waals surface area contributed by atoms with Crippen LogP contribution in [0.2, 0.25) is 0 Å². The zero-order valence-electron chi connectivity index (χ0n) is 12.2. The van der Waals surface area contributed by atoms with Gasteiger partial charge < -0.3 is 11.1 Å². The van der Waals surface area contributed by atoms with Crippen molar-refractivity contribution in [3.05, 3.63) is 35.6 Å². The van der Waals surface area contributed by atoms with Crippen LogP contribution in [0.3, 0.4) is 0 Å². The Bertz CT molecular complexity index is 620. The SMILES string of the molecule is CC(C)(C)C(N)C1=NC(=O)C(c2cccc(F)c2)C(=O)N1. The highest BCUT2D eigenvalue weighted by atomic mass is 19.1. The fraction of sp³-hybridized carbons (Fsp3) is 0.400. The molecule has 0 bridgehead atoms. The number of nitrogens with two attached hydrogens (primary N) is 1. The number of rotatable bonds is 2. The highest BCUT2D eigenvalue weighted by Crippen LogP contribution is 2.24. The number of benzene rings is 1. The summed E-state index contributed by atoms with van der Waals surface area (Å²) in [5.74, 6) is -2.63. The number of hydrogen-bond donors (Lipinski definition) is 2. The predicted molar refractivity (Wildman–Crippen MR) is 77.2 cm³/mol. The van der Waals surface area contributed by atoms with Crippen molar-refractivity contribution < 1.29 is 14.0 Å². The van der Waals surface area contributed by atoms with Crippen molar-refractivity contribution in [2.75, 3.05) is 0 Å². The quantitative estimate of drug-likeness (QED) is 0.806. The Hall–Kier alpha value is -2.08. The van der Waals surface area contributed by atoms with Crippen LogP contribution in [0.4, 0.5) is 4.39 Å². The third-order valence-electron chi connectivity index (χ3n) is 3.40. The molecule has 112 valence electrons. The van der Waals surface area contributed by atoms with Gasteiger partial charge in [0.2, 0.25) is 5.91 Å². The van der Waals surface area contributed by atoms with E-state index in [0.29, 0.717) is 0 Å². The summed E-state index contributed by atoms with van der Waals surface area (Å²) >= 11 is 0. The monoisotopic (exact) mass is 291 g/mol. The molecule has 0 fully saturated rings. The third kappa shape index (κ3) is 3.16. The maximum absolute atomic E-state index is 13.2. The van der Waals surface area contributed by atoms with Crippen molar-refractivity contribution in [2.24, 2.45) is 16.1 Å². The molecule has 6 heteroatoms. The van der Waals surface area contributed by atoms with E-state index >= 15 is 0 Å². The van der Waals surface area contributed by atoms with Gasteiger partial charge >= 0.3 is 0 Å². The van der Waals surface area contributed by atoms with Crippen molar-refractivity contribution in [3.8, 4) is 0 Å². The van der Waals surface area contributed by atoms with Crippen LogP contribution in [0, 0.1) is 11.2 Å². The van der Waals surface area contributed by atoms with E-state index in [9.17, 15) is 14.0 Å². The lowest BCUT2D eigenvalue weighted by atomic mass is 9.85. The van der Waals surface area contributed by atoms with E-state index in [1.54, 1.807) is 0 Å². The van der Waals surface area contributed by atoms with E-state index in [4.69, 9.17) is 5.73 Å². The van der Waals surface area contributed by atoms with Gasteiger partial charge in [-0.1, -0.05) is 32.9 Å². The van der Waals surface area contributed by atoms with Gasteiger partial charge in [-0.15, -0.1) is 0 Å². The van der Waals surface area contributed by atoms with Crippen LogP contribution < -0.4 is 11.1 Å². The molecule has 0 spiro atoms. The molecule has 2 amide bonds. The lowest BCUT2D eigenvalue weighted by Gasteiger charge is -2.31. The largest absolute Gasteiger partial charge is 0.321 e. The first-order chi connectivity index (χ1) is 9.70. The lowest BCUT2D eigenvalue weighted by molar-refractivity contribution is -0.129. The highest BCUT2D eigenvalue weighted by molar-refractivity contribution is 6.20. The Morgan fingerprint density at radius 3 is 2.52 bits per heavy atom. The van der Waals surface area contributed by atoms with Gasteiger partial charge in [-0.25, -0.2) is 4.39 Å². The second kappa shape index (κ2) is 5.37. The molecule has 0 aliphatic carbocycles. The number of nitrogens with one attached hydrogen (secondary N) is 1. The zero-order valence-corrected chi connectivity index (χ0v) is 12.2. The van der Waals surface area contributed by atoms with Crippen LogP contribution in [0.15, 0.2) is 29.3 Å². The average Bonchev–Trinajstić information content (AvgIpc) is 2.36. The van der Waals surface area contributed by atoms with Crippen molar-refractivity contribution in [1.29, 1.82) is 0 Å². The number of aliphatic imine (C=N–C) groups is 1. The minimum Gasteiger partial charge on any atom is -0.321 e. The van der Waals surface area contributed by atoms with Gasteiger partial charge in [-0.3, -0.25) is 9.59 Å². The summed E-state index contributed by atoms with van der Waals surface area (Å²) in [6, 6.07) is 4.81. The van der Waals surface area contributed by atoms with Gasteiger partial charge in [0.1, 0.15) is 17.6 Å². The molecule has 0 saturated heterocycles. The minimum atomic E-state index is -1.13. The smallest absolute Gasteiger partial charge is 0.264 e. The van der Waals surface area contributed by atoms with E-state index in [1.807, 2.05) is 20.8 Å².